The molecule has 0 bridgehead atoms. The molecule has 7 heteroatoms. The Morgan fingerprint density at radius 2 is 1.96 bits per heavy atom. The molecular formula is C21H18FN3O3. The highest BCUT2D eigenvalue weighted by Crippen LogP contribution is 2.28. The van der Waals surface area contributed by atoms with Crippen LogP contribution in [0.25, 0.3) is 12.2 Å². The van der Waals surface area contributed by atoms with Crippen LogP contribution in [0.15, 0.2) is 60.2 Å². The van der Waals surface area contributed by atoms with Gasteiger partial charge in [-0.25, -0.2) is 14.2 Å². The smallest absolute Gasteiger partial charge is 0.337 e. The van der Waals surface area contributed by atoms with Crippen LogP contribution in [0.3, 0.4) is 0 Å². The number of rotatable bonds is 7. The third-order valence-corrected chi connectivity index (χ3v) is 3.98. The highest BCUT2D eigenvalue weighted by Gasteiger charge is 2.19. The summed E-state index contributed by atoms with van der Waals surface area (Å²) in [6.45, 7) is 7.75. The summed E-state index contributed by atoms with van der Waals surface area (Å²) in [5, 5.41) is 0. The number of aromatic nitrogens is 2. The monoisotopic (exact) mass is 379 g/mol. The van der Waals surface area contributed by atoms with Crippen LogP contribution in [0.2, 0.25) is 0 Å². The van der Waals surface area contributed by atoms with Crippen LogP contribution in [0.5, 0.6) is 0 Å². The fraction of sp³-hybridized carbons (Fsp3) is 0.0952. The van der Waals surface area contributed by atoms with Gasteiger partial charge in [-0.2, -0.15) is 4.98 Å². The Morgan fingerprint density at radius 3 is 2.50 bits per heavy atom. The number of oxazole rings is 1. The third kappa shape index (κ3) is 3.98. The van der Waals surface area contributed by atoms with E-state index in [1.165, 1.54) is 25.3 Å². The molecule has 0 saturated carbocycles. The lowest BCUT2D eigenvalue weighted by molar-refractivity contribution is 0.0600. The van der Waals surface area contributed by atoms with Gasteiger partial charge in [-0.1, -0.05) is 25.3 Å². The van der Waals surface area contributed by atoms with Crippen molar-refractivity contribution in [1.82, 2.24) is 9.97 Å². The maximum absolute atomic E-state index is 13.3. The lowest BCUT2D eigenvalue weighted by atomic mass is 10.1. The van der Waals surface area contributed by atoms with Crippen molar-refractivity contribution in [2.45, 2.75) is 6.54 Å². The molecule has 0 fully saturated rings. The van der Waals surface area contributed by atoms with Crippen LogP contribution in [0, 0.1) is 5.82 Å². The van der Waals surface area contributed by atoms with Crippen LogP contribution in [-0.2, 0) is 11.3 Å². The van der Waals surface area contributed by atoms with Gasteiger partial charge >= 0.3 is 12.0 Å². The van der Waals surface area contributed by atoms with E-state index in [0.29, 0.717) is 29.4 Å². The Balaban J connectivity index is 1.98. The second kappa shape index (κ2) is 8.30. The highest BCUT2D eigenvalue weighted by atomic mass is 19.1. The predicted octanol–water partition coefficient (Wildman–Crippen LogP) is 4.62. The van der Waals surface area contributed by atoms with E-state index >= 15 is 0 Å². The molecule has 2 heterocycles. The minimum Gasteiger partial charge on any atom is -0.465 e. The van der Waals surface area contributed by atoms with Crippen molar-refractivity contribution < 1.29 is 18.3 Å². The number of ether oxygens (including phenoxy) is 1. The molecule has 6 nitrogen and oxygen atoms in total. The normalized spacial score (nSPS) is 10.4. The highest BCUT2D eigenvalue weighted by molar-refractivity contribution is 5.89. The zero-order chi connectivity index (χ0) is 20.1. The van der Waals surface area contributed by atoms with E-state index in [9.17, 15) is 9.18 Å². The fourth-order valence-electron chi connectivity index (χ4n) is 2.56. The third-order valence-electron chi connectivity index (χ3n) is 3.98. The van der Waals surface area contributed by atoms with Gasteiger partial charge in [0, 0.05) is 0 Å². The minimum atomic E-state index is -0.447. The molecule has 0 amide bonds. The number of carbonyl (C=O) groups excluding carboxylic acids is 1. The maximum Gasteiger partial charge on any atom is 0.337 e. The molecule has 0 aliphatic heterocycles. The van der Waals surface area contributed by atoms with Gasteiger partial charge in [0.25, 0.3) is 0 Å². The van der Waals surface area contributed by atoms with Crippen molar-refractivity contribution >= 4 is 30.0 Å². The summed E-state index contributed by atoms with van der Waals surface area (Å²) in [7, 11) is 1.33. The molecule has 3 aromatic rings. The molecule has 0 aliphatic carbocycles. The van der Waals surface area contributed by atoms with E-state index in [1.807, 2.05) is 0 Å². The number of nitrogens with zero attached hydrogens (tertiary/aromatic N) is 3. The number of halogens is 1. The number of methoxy groups -OCH3 is 1. The topological polar surface area (TPSA) is 68.5 Å². The molecule has 0 spiro atoms. The first-order valence-electron chi connectivity index (χ1n) is 8.37. The summed E-state index contributed by atoms with van der Waals surface area (Å²) in [4.78, 5) is 21.8. The second-order valence-electron chi connectivity index (χ2n) is 5.76. The summed E-state index contributed by atoms with van der Waals surface area (Å²) < 4.78 is 23.8. The molecule has 0 aliphatic rings. The first kappa shape index (κ1) is 19.0. The van der Waals surface area contributed by atoms with Crippen LogP contribution in [0.4, 0.5) is 16.2 Å². The van der Waals surface area contributed by atoms with E-state index in [1.54, 1.807) is 35.2 Å². The van der Waals surface area contributed by atoms with Crippen LogP contribution in [0.1, 0.15) is 27.4 Å². The van der Waals surface area contributed by atoms with Gasteiger partial charge in [-0.15, -0.1) is 0 Å². The average molecular weight is 379 g/mol. The van der Waals surface area contributed by atoms with Crippen molar-refractivity contribution in [2.24, 2.45) is 0 Å². The van der Waals surface area contributed by atoms with Crippen molar-refractivity contribution in [3.8, 4) is 0 Å². The Hall–Kier alpha value is -3.74. The molecule has 1 aromatic carbocycles. The van der Waals surface area contributed by atoms with E-state index in [0.717, 1.165) is 11.8 Å². The van der Waals surface area contributed by atoms with Gasteiger partial charge in [0.2, 0.25) is 0 Å². The van der Waals surface area contributed by atoms with Crippen LogP contribution >= 0.6 is 0 Å². The van der Waals surface area contributed by atoms with Crippen molar-refractivity contribution in [1.29, 1.82) is 0 Å². The number of benzene rings is 1. The molecule has 2 aromatic heterocycles. The standard InChI is InChI=1S/C21H18FN3O3/c1-4-17-18(5-2)28-21(24-17)25(19-11-10-16(22)12-23-19)13-14-6-8-15(9-7-14)20(26)27-3/h4-12H,1-2,13H2,3H3. The van der Waals surface area contributed by atoms with Gasteiger partial charge < -0.3 is 9.15 Å². The SMILES string of the molecule is C=Cc1nc(N(Cc2ccc(C(=O)OC)cc2)c2ccc(F)cn2)oc1C=C. The average Bonchev–Trinajstić information content (AvgIpc) is 3.16. The first-order chi connectivity index (χ1) is 13.5. The zero-order valence-corrected chi connectivity index (χ0v) is 15.3. The number of carbonyl (C=O) groups is 1. The molecule has 28 heavy (non-hydrogen) atoms. The van der Waals surface area contributed by atoms with Gasteiger partial charge in [-0.05, 0) is 42.0 Å². The number of anilines is 2. The minimum absolute atomic E-state index is 0.265. The summed E-state index contributed by atoms with van der Waals surface area (Å²) in [5.41, 5.74) is 1.84. The molecular weight excluding hydrogens is 361 g/mol. The number of esters is 1. The molecule has 0 N–H and O–H groups in total. The molecule has 0 atom stereocenters. The molecule has 3 rings (SSSR count). The van der Waals surface area contributed by atoms with Gasteiger partial charge in [0.15, 0.2) is 5.76 Å². The lowest BCUT2D eigenvalue weighted by Gasteiger charge is -2.19. The van der Waals surface area contributed by atoms with E-state index in [2.05, 4.69) is 23.1 Å². The van der Waals surface area contributed by atoms with Gasteiger partial charge in [-0.3, -0.25) is 4.90 Å². The van der Waals surface area contributed by atoms with Gasteiger partial charge in [0.05, 0.1) is 25.4 Å². The van der Waals surface area contributed by atoms with E-state index in [-0.39, 0.29) is 6.01 Å². The Labute approximate surface area is 161 Å². The molecule has 0 saturated heterocycles. The maximum atomic E-state index is 13.3. The first-order valence-corrected chi connectivity index (χ1v) is 8.37. The number of hydrogen-bond acceptors (Lipinski definition) is 6. The Morgan fingerprint density at radius 1 is 1.21 bits per heavy atom. The molecule has 0 radical (unpaired) electrons. The van der Waals surface area contributed by atoms with E-state index < -0.39 is 11.8 Å². The van der Waals surface area contributed by atoms with Crippen LogP contribution < -0.4 is 4.90 Å². The summed E-state index contributed by atoms with van der Waals surface area (Å²) >= 11 is 0. The van der Waals surface area contributed by atoms with Crippen molar-refractivity contribution in [2.75, 3.05) is 12.0 Å². The number of hydrogen-bond donors (Lipinski definition) is 0. The Kier molecular flexibility index (Phi) is 5.64. The van der Waals surface area contributed by atoms with Crippen molar-refractivity contribution in [3.05, 3.63) is 84.2 Å². The van der Waals surface area contributed by atoms with Crippen LogP contribution in [-0.4, -0.2) is 23.0 Å². The molecule has 142 valence electrons. The predicted molar refractivity (Wildman–Crippen MR) is 105 cm³/mol. The summed E-state index contributed by atoms with van der Waals surface area (Å²) in [6, 6.07) is 10.0. The Bertz CT molecular complexity index is 969. The quantitative estimate of drug-likeness (QED) is 0.558. The fourth-order valence-corrected chi connectivity index (χ4v) is 2.56. The summed E-state index contributed by atoms with van der Waals surface area (Å²) in [5.74, 6) is 0.0590. The lowest BCUT2D eigenvalue weighted by Crippen LogP contribution is -2.18. The zero-order valence-electron chi connectivity index (χ0n) is 15.3. The second-order valence-corrected chi connectivity index (χ2v) is 5.76. The molecule has 0 unspecified atom stereocenters. The van der Waals surface area contributed by atoms with E-state index in [4.69, 9.17) is 9.15 Å². The van der Waals surface area contributed by atoms with Gasteiger partial charge in [0.1, 0.15) is 17.3 Å². The van der Waals surface area contributed by atoms with Crippen molar-refractivity contribution in [3.63, 3.8) is 0 Å². The summed E-state index contributed by atoms with van der Waals surface area (Å²) in [6.07, 6.45) is 4.22. The largest absolute Gasteiger partial charge is 0.465 e. The number of pyridine rings is 1.